The summed E-state index contributed by atoms with van der Waals surface area (Å²) < 4.78 is 30.7. The van der Waals surface area contributed by atoms with Crippen molar-refractivity contribution in [1.82, 2.24) is 10.1 Å². The molecular formula is C9H7F2N3O2. The molecule has 2 rings (SSSR count). The fourth-order valence-corrected chi connectivity index (χ4v) is 1.15. The van der Waals surface area contributed by atoms with E-state index < -0.39 is 17.4 Å². The van der Waals surface area contributed by atoms with E-state index in [2.05, 4.69) is 14.7 Å². The van der Waals surface area contributed by atoms with Crippen LogP contribution in [0.4, 0.5) is 8.78 Å². The first kappa shape index (κ1) is 10.5. The molecule has 0 radical (unpaired) electrons. The maximum atomic E-state index is 13.0. The first-order chi connectivity index (χ1) is 7.61. The van der Waals surface area contributed by atoms with Crippen molar-refractivity contribution in [3.63, 3.8) is 0 Å². The highest BCUT2D eigenvalue weighted by atomic mass is 19.1. The van der Waals surface area contributed by atoms with Crippen molar-refractivity contribution in [1.29, 1.82) is 0 Å². The molecule has 2 aromatic rings. The number of halogens is 2. The second-order valence-corrected chi connectivity index (χ2v) is 3.00. The van der Waals surface area contributed by atoms with Gasteiger partial charge in [0.2, 0.25) is 11.7 Å². The van der Waals surface area contributed by atoms with Crippen LogP contribution in [0.5, 0.6) is 5.75 Å². The largest absolute Gasteiger partial charge is 0.503 e. The molecule has 1 aromatic carbocycles. The minimum Gasteiger partial charge on any atom is -0.503 e. The Morgan fingerprint density at radius 3 is 2.44 bits per heavy atom. The van der Waals surface area contributed by atoms with Gasteiger partial charge in [0.15, 0.2) is 17.4 Å². The quantitative estimate of drug-likeness (QED) is 0.804. The molecule has 7 heteroatoms. The molecule has 0 saturated heterocycles. The van der Waals surface area contributed by atoms with Gasteiger partial charge in [-0.1, -0.05) is 5.16 Å². The minimum atomic E-state index is -1.09. The van der Waals surface area contributed by atoms with Crippen molar-refractivity contribution in [2.75, 3.05) is 0 Å². The molecule has 0 aliphatic heterocycles. The lowest BCUT2D eigenvalue weighted by Gasteiger charge is -1.99. The summed E-state index contributed by atoms with van der Waals surface area (Å²) in [7, 11) is 0. The van der Waals surface area contributed by atoms with E-state index in [9.17, 15) is 8.78 Å². The summed E-state index contributed by atoms with van der Waals surface area (Å²) in [6.45, 7) is 0.0377. The Kier molecular flexibility index (Phi) is 2.53. The molecule has 0 spiro atoms. The number of phenolic OH excluding ortho intramolecular Hbond substituents is 1. The first-order valence-corrected chi connectivity index (χ1v) is 4.33. The number of benzene rings is 1. The predicted octanol–water partition coefficient (Wildman–Crippen LogP) is 1.18. The van der Waals surface area contributed by atoms with Gasteiger partial charge >= 0.3 is 0 Å². The van der Waals surface area contributed by atoms with Crippen LogP contribution < -0.4 is 5.73 Å². The monoisotopic (exact) mass is 227 g/mol. The smallest absolute Gasteiger partial charge is 0.240 e. The van der Waals surface area contributed by atoms with Crippen LogP contribution in [0.25, 0.3) is 11.4 Å². The van der Waals surface area contributed by atoms with Crippen molar-refractivity contribution < 1.29 is 18.4 Å². The van der Waals surface area contributed by atoms with Gasteiger partial charge in [-0.15, -0.1) is 0 Å². The van der Waals surface area contributed by atoms with Gasteiger partial charge in [-0.3, -0.25) is 0 Å². The van der Waals surface area contributed by atoms with Gasteiger partial charge in [-0.25, -0.2) is 8.78 Å². The van der Waals surface area contributed by atoms with Crippen LogP contribution in [0.3, 0.4) is 0 Å². The molecule has 0 aliphatic rings. The lowest BCUT2D eigenvalue weighted by Crippen LogP contribution is -1.95. The lowest BCUT2D eigenvalue weighted by atomic mass is 10.2. The van der Waals surface area contributed by atoms with Crippen LogP contribution in [-0.2, 0) is 6.54 Å². The molecule has 0 fully saturated rings. The summed E-state index contributed by atoms with van der Waals surface area (Å²) in [5, 5.41) is 12.4. The number of rotatable bonds is 2. The fraction of sp³-hybridized carbons (Fsp3) is 0.111. The average molecular weight is 227 g/mol. The molecule has 16 heavy (non-hydrogen) atoms. The van der Waals surface area contributed by atoms with E-state index in [1.807, 2.05) is 0 Å². The molecule has 0 aliphatic carbocycles. The van der Waals surface area contributed by atoms with E-state index in [-0.39, 0.29) is 23.8 Å². The number of phenols is 1. The summed E-state index contributed by atoms with van der Waals surface area (Å²) in [5.41, 5.74) is 5.31. The van der Waals surface area contributed by atoms with Gasteiger partial charge in [-0.2, -0.15) is 4.98 Å². The van der Waals surface area contributed by atoms with Gasteiger partial charge < -0.3 is 15.4 Å². The summed E-state index contributed by atoms with van der Waals surface area (Å²) in [6, 6.07) is 1.81. The van der Waals surface area contributed by atoms with Crippen LogP contribution in [0.2, 0.25) is 0 Å². The Bertz CT molecular complexity index is 504. The van der Waals surface area contributed by atoms with Crippen LogP contribution in [0.1, 0.15) is 5.89 Å². The maximum absolute atomic E-state index is 13.0. The molecule has 0 unspecified atom stereocenters. The van der Waals surface area contributed by atoms with Crippen LogP contribution in [-0.4, -0.2) is 15.2 Å². The van der Waals surface area contributed by atoms with Gasteiger partial charge in [0, 0.05) is 5.56 Å². The van der Waals surface area contributed by atoms with E-state index in [1.54, 1.807) is 0 Å². The summed E-state index contributed by atoms with van der Waals surface area (Å²) in [5.74, 6) is -3.04. The molecule has 5 nitrogen and oxygen atoms in total. The number of nitrogens with zero attached hydrogens (tertiary/aromatic N) is 2. The maximum Gasteiger partial charge on any atom is 0.240 e. The zero-order valence-corrected chi connectivity index (χ0v) is 7.94. The van der Waals surface area contributed by atoms with Gasteiger partial charge in [0.1, 0.15) is 0 Å². The highest BCUT2D eigenvalue weighted by Crippen LogP contribution is 2.26. The Balaban J connectivity index is 2.48. The summed E-state index contributed by atoms with van der Waals surface area (Å²) in [6.07, 6.45) is 0. The van der Waals surface area contributed by atoms with Gasteiger partial charge in [-0.05, 0) is 12.1 Å². The van der Waals surface area contributed by atoms with Crippen molar-refractivity contribution >= 4 is 0 Å². The molecular weight excluding hydrogens is 220 g/mol. The van der Waals surface area contributed by atoms with Crippen molar-refractivity contribution in [2.24, 2.45) is 5.73 Å². The molecule has 0 amide bonds. The van der Waals surface area contributed by atoms with Crippen LogP contribution >= 0.6 is 0 Å². The second kappa shape index (κ2) is 3.86. The van der Waals surface area contributed by atoms with E-state index in [0.29, 0.717) is 0 Å². The summed E-state index contributed by atoms with van der Waals surface area (Å²) >= 11 is 0. The average Bonchev–Trinajstić information content (AvgIpc) is 2.73. The number of aromatic hydroxyl groups is 1. The van der Waals surface area contributed by atoms with Crippen LogP contribution in [0, 0.1) is 11.6 Å². The summed E-state index contributed by atoms with van der Waals surface area (Å²) in [4.78, 5) is 3.79. The standard InChI is InChI=1S/C9H7F2N3O2/c10-5-1-4(2-6(11)8(5)15)9-13-7(3-12)16-14-9/h1-2,15H,3,12H2. The molecule has 84 valence electrons. The number of hydrogen-bond donors (Lipinski definition) is 2. The Morgan fingerprint density at radius 2 is 1.94 bits per heavy atom. The third-order valence-corrected chi connectivity index (χ3v) is 1.92. The van der Waals surface area contributed by atoms with E-state index in [1.165, 1.54) is 0 Å². The fourth-order valence-electron chi connectivity index (χ4n) is 1.15. The van der Waals surface area contributed by atoms with Crippen LogP contribution in [0.15, 0.2) is 16.7 Å². The normalized spacial score (nSPS) is 10.7. The Labute approximate surface area is 88.5 Å². The first-order valence-electron chi connectivity index (χ1n) is 4.33. The predicted molar refractivity (Wildman–Crippen MR) is 49.2 cm³/mol. The third kappa shape index (κ3) is 1.72. The van der Waals surface area contributed by atoms with Gasteiger partial charge in [0.25, 0.3) is 0 Å². The topological polar surface area (TPSA) is 85.2 Å². The Morgan fingerprint density at radius 1 is 1.31 bits per heavy atom. The van der Waals surface area contributed by atoms with E-state index in [0.717, 1.165) is 12.1 Å². The SMILES string of the molecule is NCc1nc(-c2cc(F)c(O)c(F)c2)no1. The molecule has 1 heterocycles. The zero-order valence-electron chi connectivity index (χ0n) is 7.94. The molecule has 0 atom stereocenters. The number of hydrogen-bond acceptors (Lipinski definition) is 5. The second-order valence-electron chi connectivity index (χ2n) is 3.00. The lowest BCUT2D eigenvalue weighted by molar-refractivity contribution is 0.380. The minimum absolute atomic E-state index is 0.0123. The molecule has 3 N–H and O–H groups in total. The molecule has 1 aromatic heterocycles. The number of nitrogens with two attached hydrogens (primary N) is 1. The molecule has 0 saturated carbocycles. The van der Waals surface area contributed by atoms with E-state index in [4.69, 9.17) is 10.8 Å². The van der Waals surface area contributed by atoms with Gasteiger partial charge in [0.05, 0.1) is 6.54 Å². The highest BCUT2D eigenvalue weighted by Gasteiger charge is 2.14. The van der Waals surface area contributed by atoms with Crippen molar-refractivity contribution in [3.05, 3.63) is 29.7 Å². The van der Waals surface area contributed by atoms with Crippen molar-refractivity contribution in [3.8, 4) is 17.1 Å². The Hall–Kier alpha value is -2.02. The number of aromatic nitrogens is 2. The third-order valence-electron chi connectivity index (χ3n) is 1.92. The molecule has 0 bridgehead atoms. The van der Waals surface area contributed by atoms with Crippen molar-refractivity contribution in [2.45, 2.75) is 6.54 Å². The van der Waals surface area contributed by atoms with E-state index >= 15 is 0 Å². The highest BCUT2D eigenvalue weighted by molar-refractivity contribution is 5.56. The zero-order chi connectivity index (χ0) is 11.7.